The number of pyridine rings is 1. The smallest absolute Gasteiger partial charge is 0.341 e. The topological polar surface area (TPSA) is 72.2 Å². The molecule has 30 heavy (non-hydrogen) atoms. The van der Waals surface area contributed by atoms with E-state index in [9.17, 15) is 14.7 Å². The number of carboxylic acids is 1. The van der Waals surface area contributed by atoms with Crippen LogP contribution in [-0.2, 0) is 6.42 Å². The van der Waals surface area contributed by atoms with Crippen molar-refractivity contribution < 1.29 is 9.90 Å². The van der Waals surface area contributed by atoms with Crippen LogP contribution < -0.4 is 5.43 Å². The number of thiazole rings is 1. The second kappa shape index (κ2) is 6.62. The number of fused-ring (bicyclic) bond motifs is 5. The number of aromatic nitrogens is 2. The van der Waals surface area contributed by atoms with E-state index in [1.807, 2.05) is 15.5 Å². The number of nitrogens with zero attached hydrogens (tertiary/aromatic N) is 2. The lowest BCUT2D eigenvalue weighted by molar-refractivity contribution is 0.0693. The normalized spacial score (nSPS) is 15.8. The summed E-state index contributed by atoms with van der Waals surface area (Å²) in [5, 5.41) is 14.8. The number of benzene rings is 1. The molecule has 0 saturated heterocycles. The molecule has 5 nitrogen and oxygen atoms in total. The molecule has 0 spiro atoms. The van der Waals surface area contributed by atoms with Gasteiger partial charge in [-0.15, -0.1) is 22.7 Å². The minimum Gasteiger partial charge on any atom is -0.477 e. The molecule has 0 amide bonds. The van der Waals surface area contributed by atoms with Gasteiger partial charge in [-0.3, -0.25) is 4.79 Å². The first kappa shape index (κ1) is 19.2. The van der Waals surface area contributed by atoms with Crippen LogP contribution in [0.4, 0.5) is 0 Å². The van der Waals surface area contributed by atoms with E-state index in [-0.39, 0.29) is 17.0 Å². The molecule has 1 aliphatic rings. The minimum atomic E-state index is -1.19. The van der Waals surface area contributed by atoms with E-state index >= 15 is 0 Å². The van der Waals surface area contributed by atoms with E-state index in [0.29, 0.717) is 0 Å². The van der Waals surface area contributed by atoms with Gasteiger partial charge in [0.15, 0.2) is 5.43 Å². The highest BCUT2D eigenvalue weighted by Crippen LogP contribution is 2.47. The summed E-state index contributed by atoms with van der Waals surface area (Å²) >= 11 is 3.26. The second-order valence-corrected chi connectivity index (χ2v) is 10.4. The molecule has 152 valence electrons. The molecule has 1 atom stereocenters. The summed E-state index contributed by atoms with van der Waals surface area (Å²) in [4.78, 5) is 28.8. The molecule has 7 heteroatoms. The molecule has 0 radical (unpaired) electrons. The number of hydrogen-bond acceptors (Lipinski definition) is 5. The first-order valence-corrected chi connectivity index (χ1v) is 11.5. The van der Waals surface area contributed by atoms with Crippen molar-refractivity contribution in [3.05, 3.63) is 62.0 Å². The van der Waals surface area contributed by atoms with Crippen molar-refractivity contribution in [3.63, 3.8) is 0 Å². The highest BCUT2D eigenvalue weighted by molar-refractivity contribution is 7.17. The van der Waals surface area contributed by atoms with Crippen molar-refractivity contribution in [2.45, 2.75) is 33.2 Å². The maximum atomic E-state index is 12.6. The van der Waals surface area contributed by atoms with Gasteiger partial charge < -0.3 is 9.67 Å². The number of carbonyl (C=O) groups is 1. The Kier molecular flexibility index (Phi) is 4.24. The zero-order valence-electron chi connectivity index (χ0n) is 16.8. The van der Waals surface area contributed by atoms with Gasteiger partial charge in [-0.25, -0.2) is 9.78 Å². The van der Waals surface area contributed by atoms with Gasteiger partial charge in [0.25, 0.3) is 0 Å². The summed E-state index contributed by atoms with van der Waals surface area (Å²) in [5.74, 6) is -1.19. The van der Waals surface area contributed by atoms with Crippen molar-refractivity contribution in [2.75, 3.05) is 0 Å². The molecule has 4 heterocycles. The van der Waals surface area contributed by atoms with Crippen molar-refractivity contribution in [1.82, 2.24) is 9.55 Å². The van der Waals surface area contributed by atoms with Gasteiger partial charge in [0.05, 0.1) is 16.9 Å². The Morgan fingerprint density at radius 2 is 2.07 bits per heavy atom. The molecule has 0 aliphatic carbocycles. The minimum absolute atomic E-state index is 0.0362. The lowest BCUT2D eigenvalue weighted by atomic mass is 9.78. The molecule has 1 N–H and O–H groups in total. The Bertz CT molecular complexity index is 1360. The molecule has 4 aromatic rings. The molecule has 5 rings (SSSR count). The van der Waals surface area contributed by atoms with Gasteiger partial charge in [0, 0.05) is 44.9 Å². The van der Waals surface area contributed by atoms with Gasteiger partial charge in [-0.1, -0.05) is 20.8 Å². The Morgan fingerprint density at radius 3 is 2.73 bits per heavy atom. The maximum absolute atomic E-state index is 12.6. The zero-order valence-corrected chi connectivity index (χ0v) is 18.4. The summed E-state index contributed by atoms with van der Waals surface area (Å²) in [6.07, 6.45) is 2.31. The Labute approximate surface area is 181 Å². The summed E-state index contributed by atoms with van der Waals surface area (Å²) in [5.41, 5.74) is 6.00. The van der Waals surface area contributed by atoms with Crippen LogP contribution >= 0.6 is 22.7 Å². The molecule has 1 aliphatic heterocycles. The number of hydrogen-bond donors (Lipinski definition) is 1. The Hall–Kier alpha value is -2.77. The van der Waals surface area contributed by atoms with Crippen LogP contribution in [-0.4, -0.2) is 20.6 Å². The maximum Gasteiger partial charge on any atom is 0.341 e. The van der Waals surface area contributed by atoms with Crippen molar-refractivity contribution in [2.24, 2.45) is 5.41 Å². The summed E-state index contributed by atoms with van der Waals surface area (Å²) in [6.45, 7) is 6.46. The standard InChI is InChI=1S/C23H20N2O3S2/c1-23(2,3)20-7-15-14(18-8-19(26)16(22(27)28)9-25(18)20)6-13(17-10-29-11-24-17)12-4-5-30-21(12)15/h4-6,8-11,20H,7H2,1-3H3,(H,27,28)/t20-/m0/s1. The summed E-state index contributed by atoms with van der Waals surface area (Å²) in [7, 11) is 0. The van der Waals surface area contributed by atoms with Gasteiger partial charge in [-0.2, -0.15) is 0 Å². The van der Waals surface area contributed by atoms with E-state index in [0.717, 1.165) is 28.9 Å². The third-order valence-corrected chi connectivity index (χ3v) is 7.43. The fraction of sp³-hybridized carbons (Fsp3) is 0.261. The first-order chi connectivity index (χ1) is 14.3. The molecule has 0 bridgehead atoms. The number of aromatic carboxylic acids is 1. The predicted molar refractivity (Wildman–Crippen MR) is 122 cm³/mol. The van der Waals surface area contributed by atoms with Crippen LogP contribution in [0.5, 0.6) is 0 Å². The largest absolute Gasteiger partial charge is 0.477 e. The number of carboxylic acid groups (broad SMARTS) is 1. The molecule has 1 aromatic carbocycles. The molecular weight excluding hydrogens is 416 g/mol. The second-order valence-electron chi connectivity index (χ2n) is 8.72. The lowest BCUT2D eigenvalue weighted by Crippen LogP contribution is -2.32. The fourth-order valence-electron chi connectivity index (χ4n) is 4.37. The summed E-state index contributed by atoms with van der Waals surface area (Å²) in [6, 6.07) is 5.78. The number of rotatable bonds is 2. The van der Waals surface area contributed by atoms with Crippen LogP contribution in [0.25, 0.3) is 32.6 Å². The van der Waals surface area contributed by atoms with Gasteiger partial charge in [-0.05, 0) is 34.9 Å². The van der Waals surface area contributed by atoms with E-state index in [1.54, 1.807) is 22.7 Å². The van der Waals surface area contributed by atoms with Gasteiger partial charge >= 0.3 is 5.97 Å². The van der Waals surface area contributed by atoms with E-state index in [4.69, 9.17) is 0 Å². The average molecular weight is 437 g/mol. The van der Waals surface area contributed by atoms with E-state index in [1.165, 1.54) is 27.9 Å². The van der Waals surface area contributed by atoms with E-state index < -0.39 is 11.4 Å². The Morgan fingerprint density at radius 1 is 1.27 bits per heavy atom. The van der Waals surface area contributed by atoms with Crippen molar-refractivity contribution in [1.29, 1.82) is 0 Å². The van der Waals surface area contributed by atoms with Crippen LogP contribution in [0, 0.1) is 5.41 Å². The quantitative estimate of drug-likeness (QED) is 0.438. The average Bonchev–Trinajstić information content (AvgIpc) is 3.37. The van der Waals surface area contributed by atoms with Gasteiger partial charge in [0.2, 0.25) is 0 Å². The zero-order chi connectivity index (χ0) is 21.2. The molecule has 3 aromatic heterocycles. The third kappa shape index (κ3) is 2.84. The highest BCUT2D eigenvalue weighted by Gasteiger charge is 2.35. The SMILES string of the molecule is CC(C)(C)[C@@H]1Cc2c(cc(-c3cscn3)c3ccsc23)-c2cc(=O)c(C(=O)O)cn21. The predicted octanol–water partition coefficient (Wildman–Crippen LogP) is 5.70. The van der Waals surface area contributed by atoms with Crippen molar-refractivity contribution >= 4 is 38.7 Å². The molecule has 0 fully saturated rings. The van der Waals surface area contributed by atoms with Crippen molar-refractivity contribution in [3.8, 4) is 22.5 Å². The monoisotopic (exact) mass is 436 g/mol. The number of thiophene rings is 1. The molecular formula is C23H20N2O3S2. The molecule has 0 unspecified atom stereocenters. The highest BCUT2D eigenvalue weighted by atomic mass is 32.1. The summed E-state index contributed by atoms with van der Waals surface area (Å²) < 4.78 is 3.21. The lowest BCUT2D eigenvalue weighted by Gasteiger charge is -2.39. The van der Waals surface area contributed by atoms with Crippen LogP contribution in [0.2, 0.25) is 0 Å². The van der Waals surface area contributed by atoms with Crippen LogP contribution in [0.15, 0.2) is 45.5 Å². The van der Waals surface area contributed by atoms with Crippen LogP contribution in [0.3, 0.4) is 0 Å². The first-order valence-electron chi connectivity index (χ1n) is 9.67. The third-order valence-electron chi connectivity index (χ3n) is 5.87. The van der Waals surface area contributed by atoms with Crippen LogP contribution in [0.1, 0.15) is 42.7 Å². The Balaban J connectivity index is 1.88. The van der Waals surface area contributed by atoms with E-state index in [2.05, 4.69) is 43.3 Å². The van der Waals surface area contributed by atoms with Gasteiger partial charge in [0.1, 0.15) is 5.56 Å². The fourth-order valence-corrected chi connectivity index (χ4v) is 5.91. The molecule has 0 saturated carbocycles.